The summed E-state index contributed by atoms with van der Waals surface area (Å²) in [4.78, 5) is 0. The molecule has 2 heteroatoms. The second-order valence-electron chi connectivity index (χ2n) is 5.98. The van der Waals surface area contributed by atoms with Gasteiger partial charge in [0.2, 0.25) is 0 Å². The summed E-state index contributed by atoms with van der Waals surface area (Å²) in [5, 5.41) is 0. The third-order valence-electron chi connectivity index (χ3n) is 4.42. The van der Waals surface area contributed by atoms with Gasteiger partial charge in [-0.2, -0.15) is 0 Å². The highest BCUT2D eigenvalue weighted by atomic mass is 15.2. The minimum atomic E-state index is 0.441. The van der Waals surface area contributed by atoms with Crippen LogP contribution in [0.2, 0.25) is 0 Å². The molecule has 0 aliphatic heterocycles. The van der Waals surface area contributed by atoms with Crippen LogP contribution in [0.1, 0.15) is 63.5 Å². The van der Waals surface area contributed by atoms with Gasteiger partial charge >= 0.3 is 0 Å². The number of nitrogens with one attached hydrogen (secondary N) is 1. The van der Waals surface area contributed by atoms with Crippen LogP contribution in [0.15, 0.2) is 24.3 Å². The van der Waals surface area contributed by atoms with Gasteiger partial charge in [0.05, 0.1) is 0 Å². The summed E-state index contributed by atoms with van der Waals surface area (Å²) in [7, 11) is 0. The van der Waals surface area contributed by atoms with Gasteiger partial charge in [0.25, 0.3) is 0 Å². The van der Waals surface area contributed by atoms with Crippen molar-refractivity contribution in [2.24, 2.45) is 11.8 Å². The fraction of sp³-hybridized carbons (Fsp3) is 0.667. The predicted octanol–water partition coefficient (Wildman–Crippen LogP) is 4.37. The Morgan fingerprint density at radius 2 is 1.90 bits per heavy atom. The van der Waals surface area contributed by atoms with Crippen molar-refractivity contribution >= 4 is 0 Å². The number of hydrazine groups is 1. The average Bonchev–Trinajstić information content (AvgIpc) is 2.48. The van der Waals surface area contributed by atoms with E-state index in [1.54, 1.807) is 0 Å². The average molecular weight is 276 g/mol. The van der Waals surface area contributed by atoms with E-state index < -0.39 is 0 Å². The zero-order valence-corrected chi connectivity index (χ0v) is 13.5. The van der Waals surface area contributed by atoms with E-state index in [-0.39, 0.29) is 0 Å². The highest BCUT2D eigenvalue weighted by molar-refractivity contribution is 5.25. The van der Waals surface area contributed by atoms with Gasteiger partial charge < -0.3 is 0 Å². The molecule has 0 aliphatic carbocycles. The number of unbranched alkanes of at least 4 members (excludes halogenated alkanes) is 1. The van der Waals surface area contributed by atoms with Crippen LogP contribution in [0.3, 0.4) is 0 Å². The third kappa shape index (κ3) is 6.06. The first-order chi connectivity index (χ1) is 9.71. The fourth-order valence-electron chi connectivity index (χ4n) is 2.87. The topological polar surface area (TPSA) is 38.0 Å². The summed E-state index contributed by atoms with van der Waals surface area (Å²) in [5.74, 6) is 6.57. The van der Waals surface area contributed by atoms with Gasteiger partial charge in [-0.3, -0.25) is 11.3 Å². The van der Waals surface area contributed by atoms with Crippen molar-refractivity contribution in [2.75, 3.05) is 0 Å². The van der Waals surface area contributed by atoms with E-state index in [1.807, 2.05) is 0 Å². The number of aryl methyl sites for hydroxylation is 2. The van der Waals surface area contributed by atoms with Crippen LogP contribution in [-0.4, -0.2) is 6.04 Å². The van der Waals surface area contributed by atoms with Crippen molar-refractivity contribution in [3.05, 3.63) is 35.4 Å². The molecule has 1 rings (SSSR count). The maximum atomic E-state index is 5.76. The highest BCUT2D eigenvalue weighted by Crippen LogP contribution is 2.21. The smallest absolute Gasteiger partial charge is 0.0216 e. The summed E-state index contributed by atoms with van der Waals surface area (Å²) in [5.41, 5.74) is 5.88. The van der Waals surface area contributed by atoms with Gasteiger partial charge in [-0.25, -0.2) is 0 Å². The first-order valence-corrected chi connectivity index (χ1v) is 8.21. The van der Waals surface area contributed by atoms with Crippen molar-refractivity contribution in [3.63, 3.8) is 0 Å². The third-order valence-corrected chi connectivity index (χ3v) is 4.42. The number of hydrogen-bond acceptors (Lipinski definition) is 2. The number of nitrogens with two attached hydrogens (primary N) is 1. The lowest BCUT2D eigenvalue weighted by atomic mass is 9.89. The SMILES string of the molecule is CCCCC(CC)CC(CCc1ccccc1C)NN. The summed E-state index contributed by atoms with van der Waals surface area (Å²) in [6.45, 7) is 6.76. The van der Waals surface area contributed by atoms with Gasteiger partial charge in [-0.1, -0.05) is 63.8 Å². The summed E-state index contributed by atoms with van der Waals surface area (Å²) in [6, 6.07) is 9.10. The minimum absolute atomic E-state index is 0.441. The second-order valence-corrected chi connectivity index (χ2v) is 5.98. The summed E-state index contributed by atoms with van der Waals surface area (Å²) >= 11 is 0. The Hall–Kier alpha value is -0.860. The van der Waals surface area contributed by atoms with E-state index in [4.69, 9.17) is 5.84 Å². The van der Waals surface area contributed by atoms with E-state index in [2.05, 4.69) is 50.5 Å². The van der Waals surface area contributed by atoms with Crippen molar-refractivity contribution in [2.45, 2.75) is 71.8 Å². The molecule has 2 atom stereocenters. The van der Waals surface area contributed by atoms with Crippen LogP contribution in [0.25, 0.3) is 0 Å². The Labute approximate surface area is 125 Å². The molecule has 0 spiro atoms. The number of rotatable bonds is 10. The fourth-order valence-corrected chi connectivity index (χ4v) is 2.87. The van der Waals surface area contributed by atoms with E-state index in [0.717, 1.165) is 18.8 Å². The van der Waals surface area contributed by atoms with Crippen LogP contribution < -0.4 is 11.3 Å². The van der Waals surface area contributed by atoms with Crippen molar-refractivity contribution < 1.29 is 0 Å². The Bertz CT molecular complexity index is 362. The van der Waals surface area contributed by atoms with Crippen molar-refractivity contribution in [1.29, 1.82) is 0 Å². The molecule has 0 aliphatic rings. The summed E-state index contributed by atoms with van der Waals surface area (Å²) < 4.78 is 0. The lowest BCUT2D eigenvalue weighted by molar-refractivity contribution is 0.340. The second kappa shape index (κ2) is 9.95. The van der Waals surface area contributed by atoms with Crippen molar-refractivity contribution in [1.82, 2.24) is 5.43 Å². The maximum absolute atomic E-state index is 5.76. The monoisotopic (exact) mass is 276 g/mol. The Morgan fingerprint density at radius 1 is 1.15 bits per heavy atom. The van der Waals surface area contributed by atoms with E-state index in [1.165, 1.54) is 43.2 Å². The van der Waals surface area contributed by atoms with E-state index in [9.17, 15) is 0 Å². The quantitative estimate of drug-likeness (QED) is 0.492. The molecular weight excluding hydrogens is 244 g/mol. The van der Waals surface area contributed by atoms with Gasteiger partial charge in [0.1, 0.15) is 0 Å². The van der Waals surface area contributed by atoms with Crippen LogP contribution in [0.5, 0.6) is 0 Å². The lowest BCUT2D eigenvalue weighted by Gasteiger charge is -2.22. The largest absolute Gasteiger partial charge is 0.271 e. The molecule has 1 aromatic carbocycles. The zero-order valence-electron chi connectivity index (χ0n) is 13.5. The Kier molecular flexibility index (Phi) is 8.56. The molecule has 0 saturated carbocycles. The zero-order chi connectivity index (χ0) is 14.8. The molecular formula is C18H32N2. The highest BCUT2D eigenvalue weighted by Gasteiger charge is 2.14. The lowest BCUT2D eigenvalue weighted by Crippen LogP contribution is -2.37. The maximum Gasteiger partial charge on any atom is 0.0216 e. The molecule has 114 valence electrons. The molecule has 0 amide bonds. The van der Waals surface area contributed by atoms with Crippen LogP contribution in [-0.2, 0) is 6.42 Å². The molecule has 0 aromatic heterocycles. The molecule has 3 N–H and O–H groups in total. The van der Waals surface area contributed by atoms with E-state index in [0.29, 0.717) is 6.04 Å². The first-order valence-electron chi connectivity index (χ1n) is 8.21. The van der Waals surface area contributed by atoms with Crippen LogP contribution in [0.4, 0.5) is 0 Å². The van der Waals surface area contributed by atoms with Gasteiger partial charge in [0, 0.05) is 6.04 Å². The van der Waals surface area contributed by atoms with Gasteiger partial charge in [0.15, 0.2) is 0 Å². The molecule has 0 heterocycles. The molecule has 2 nitrogen and oxygen atoms in total. The molecule has 1 aromatic rings. The number of hydrogen-bond donors (Lipinski definition) is 2. The molecule has 2 unspecified atom stereocenters. The van der Waals surface area contributed by atoms with Crippen LogP contribution >= 0.6 is 0 Å². The van der Waals surface area contributed by atoms with Crippen LogP contribution in [0, 0.1) is 12.8 Å². The Balaban J connectivity index is 2.44. The Morgan fingerprint density at radius 3 is 2.50 bits per heavy atom. The standard InChI is InChI=1S/C18H32N2/c1-4-6-10-16(5-2)14-18(20-19)13-12-17-11-8-7-9-15(17)3/h7-9,11,16,18,20H,4-6,10,12-14,19H2,1-3H3. The van der Waals surface area contributed by atoms with Crippen molar-refractivity contribution in [3.8, 4) is 0 Å². The van der Waals surface area contributed by atoms with Gasteiger partial charge in [-0.05, 0) is 43.2 Å². The molecule has 0 radical (unpaired) electrons. The molecule has 0 fully saturated rings. The normalized spacial score (nSPS) is 14.2. The first kappa shape index (κ1) is 17.2. The predicted molar refractivity (Wildman–Crippen MR) is 88.5 cm³/mol. The summed E-state index contributed by atoms with van der Waals surface area (Å²) in [6.07, 6.45) is 8.70. The number of benzene rings is 1. The molecule has 0 bridgehead atoms. The minimum Gasteiger partial charge on any atom is -0.271 e. The van der Waals surface area contributed by atoms with Gasteiger partial charge in [-0.15, -0.1) is 0 Å². The molecule has 0 saturated heterocycles. The molecule has 20 heavy (non-hydrogen) atoms. The van der Waals surface area contributed by atoms with E-state index >= 15 is 0 Å².